The molecule has 0 spiro atoms. The van der Waals surface area contributed by atoms with Crippen LogP contribution in [0.4, 0.5) is 0 Å². The number of carbonyl (C=O) groups is 1. The molecule has 0 unspecified atom stereocenters. The molecule has 2 aromatic carbocycles. The van der Waals surface area contributed by atoms with Gasteiger partial charge in [0, 0.05) is 23.0 Å². The number of esters is 1. The van der Waals surface area contributed by atoms with Gasteiger partial charge in [0.1, 0.15) is 0 Å². The lowest BCUT2D eigenvalue weighted by molar-refractivity contribution is -0.139. The third-order valence-electron chi connectivity index (χ3n) is 3.67. The third-order valence-corrected chi connectivity index (χ3v) is 3.67. The highest BCUT2D eigenvalue weighted by Crippen LogP contribution is 2.25. The molecule has 1 aromatic heterocycles. The summed E-state index contributed by atoms with van der Waals surface area (Å²) in [6.07, 6.45) is 1.07. The molecule has 1 heterocycles. The van der Waals surface area contributed by atoms with Gasteiger partial charge in [-0.1, -0.05) is 48.5 Å². The molecule has 3 heteroatoms. The molecule has 0 aliphatic heterocycles. The Hall–Kier alpha value is -2.55. The highest BCUT2D eigenvalue weighted by atomic mass is 16.5. The summed E-state index contributed by atoms with van der Waals surface area (Å²) in [5.74, 6) is -0.214. The lowest BCUT2D eigenvalue weighted by Gasteiger charge is -2.04. The first-order valence-electron chi connectivity index (χ1n) is 6.97. The Kier molecular flexibility index (Phi) is 3.73. The second-order valence-electron chi connectivity index (χ2n) is 5.04. The monoisotopic (exact) mass is 279 g/mol. The Morgan fingerprint density at radius 2 is 1.76 bits per heavy atom. The van der Waals surface area contributed by atoms with E-state index in [0.717, 1.165) is 28.6 Å². The van der Waals surface area contributed by atoms with Crippen molar-refractivity contribution >= 4 is 16.9 Å². The quantitative estimate of drug-likeness (QED) is 0.743. The Morgan fingerprint density at radius 3 is 2.52 bits per heavy atom. The normalized spacial score (nSPS) is 10.7. The van der Waals surface area contributed by atoms with E-state index < -0.39 is 0 Å². The van der Waals surface area contributed by atoms with Crippen LogP contribution in [0.3, 0.4) is 0 Å². The fourth-order valence-electron chi connectivity index (χ4n) is 2.63. The summed E-state index contributed by atoms with van der Waals surface area (Å²) in [4.78, 5) is 15.1. The minimum absolute atomic E-state index is 0.214. The Labute approximate surface area is 123 Å². The number of para-hydroxylation sites is 1. The topological polar surface area (TPSA) is 42.1 Å². The van der Waals surface area contributed by atoms with Gasteiger partial charge >= 0.3 is 5.97 Å². The molecular weight excluding hydrogens is 262 g/mol. The number of hydrogen-bond donors (Lipinski definition) is 1. The van der Waals surface area contributed by atoms with Crippen LogP contribution in [-0.2, 0) is 22.4 Å². The molecule has 0 amide bonds. The van der Waals surface area contributed by atoms with Gasteiger partial charge in [0.15, 0.2) is 0 Å². The average Bonchev–Trinajstić information content (AvgIpc) is 2.86. The summed E-state index contributed by atoms with van der Waals surface area (Å²) in [7, 11) is 1.42. The zero-order valence-corrected chi connectivity index (χ0v) is 11.9. The van der Waals surface area contributed by atoms with Crippen molar-refractivity contribution in [3.63, 3.8) is 0 Å². The molecule has 1 N–H and O–H groups in total. The second kappa shape index (κ2) is 5.83. The van der Waals surface area contributed by atoms with Crippen molar-refractivity contribution in [3.05, 3.63) is 71.4 Å². The Balaban J connectivity index is 2.04. The number of aromatic amines is 1. The average molecular weight is 279 g/mol. The molecule has 0 fully saturated rings. The third kappa shape index (κ3) is 2.82. The first-order chi connectivity index (χ1) is 10.3. The number of rotatable bonds is 4. The van der Waals surface area contributed by atoms with E-state index in [2.05, 4.69) is 17.1 Å². The molecule has 0 aliphatic rings. The van der Waals surface area contributed by atoms with Crippen molar-refractivity contribution in [3.8, 4) is 0 Å². The zero-order chi connectivity index (χ0) is 14.7. The Bertz CT molecular complexity index is 759. The van der Waals surface area contributed by atoms with Crippen molar-refractivity contribution in [2.24, 2.45) is 0 Å². The van der Waals surface area contributed by atoms with Gasteiger partial charge in [-0.15, -0.1) is 0 Å². The lowest BCUT2D eigenvalue weighted by atomic mass is 10.0. The van der Waals surface area contributed by atoms with Crippen molar-refractivity contribution < 1.29 is 9.53 Å². The molecule has 0 bridgehead atoms. The largest absolute Gasteiger partial charge is 0.469 e. The maximum atomic E-state index is 11.7. The van der Waals surface area contributed by atoms with Gasteiger partial charge in [-0.2, -0.15) is 0 Å². The van der Waals surface area contributed by atoms with Crippen molar-refractivity contribution in [1.29, 1.82) is 0 Å². The minimum atomic E-state index is -0.214. The molecule has 0 atom stereocenters. The van der Waals surface area contributed by atoms with Crippen LogP contribution in [0, 0.1) is 0 Å². The van der Waals surface area contributed by atoms with Crippen LogP contribution in [0.2, 0.25) is 0 Å². The number of methoxy groups -OCH3 is 1. The molecule has 0 saturated carbocycles. The highest BCUT2D eigenvalue weighted by molar-refractivity contribution is 5.88. The first-order valence-corrected chi connectivity index (χ1v) is 6.97. The van der Waals surface area contributed by atoms with Gasteiger partial charge in [-0.05, 0) is 17.2 Å². The summed E-state index contributed by atoms with van der Waals surface area (Å²) in [6, 6.07) is 18.3. The van der Waals surface area contributed by atoms with Crippen LogP contribution in [0.15, 0.2) is 54.6 Å². The van der Waals surface area contributed by atoms with Gasteiger partial charge in [-0.3, -0.25) is 4.79 Å². The summed E-state index contributed by atoms with van der Waals surface area (Å²) in [5, 5.41) is 1.09. The zero-order valence-electron chi connectivity index (χ0n) is 11.9. The van der Waals surface area contributed by atoms with Crippen LogP contribution in [0.1, 0.15) is 16.8 Å². The van der Waals surface area contributed by atoms with Gasteiger partial charge in [0.25, 0.3) is 0 Å². The van der Waals surface area contributed by atoms with E-state index in [9.17, 15) is 4.79 Å². The van der Waals surface area contributed by atoms with Crippen molar-refractivity contribution in [1.82, 2.24) is 4.98 Å². The molecule has 0 aliphatic carbocycles. The Morgan fingerprint density at radius 1 is 1.05 bits per heavy atom. The van der Waals surface area contributed by atoms with Gasteiger partial charge in [-0.25, -0.2) is 0 Å². The number of nitrogens with one attached hydrogen (secondary N) is 1. The van der Waals surface area contributed by atoms with Crippen LogP contribution in [-0.4, -0.2) is 18.1 Å². The van der Waals surface area contributed by atoms with E-state index in [0.29, 0.717) is 6.42 Å². The van der Waals surface area contributed by atoms with Gasteiger partial charge in [0.05, 0.1) is 13.5 Å². The second-order valence-corrected chi connectivity index (χ2v) is 5.04. The minimum Gasteiger partial charge on any atom is -0.469 e. The van der Waals surface area contributed by atoms with E-state index >= 15 is 0 Å². The van der Waals surface area contributed by atoms with Crippen LogP contribution >= 0.6 is 0 Å². The molecule has 21 heavy (non-hydrogen) atoms. The number of ether oxygens (including phenoxy) is 1. The molecule has 3 rings (SSSR count). The summed E-state index contributed by atoms with van der Waals surface area (Å²) in [5.41, 5.74) is 4.38. The van der Waals surface area contributed by atoms with Gasteiger partial charge < -0.3 is 9.72 Å². The number of fused-ring (bicyclic) bond motifs is 1. The molecule has 3 nitrogen and oxygen atoms in total. The smallest absolute Gasteiger partial charge is 0.310 e. The number of aromatic nitrogens is 1. The predicted octanol–water partition coefficient (Wildman–Crippen LogP) is 3.47. The van der Waals surface area contributed by atoms with E-state index in [4.69, 9.17) is 4.74 Å². The van der Waals surface area contributed by atoms with E-state index in [1.807, 2.05) is 42.5 Å². The standard InChI is InChI=1S/C18H17NO2/c1-21-18(20)12-15-14-9-5-6-10-16(14)19-17(15)11-13-7-3-2-4-8-13/h2-10,19H,11-12H2,1H3. The van der Waals surface area contributed by atoms with Crippen molar-refractivity contribution in [2.75, 3.05) is 7.11 Å². The molecule has 106 valence electrons. The van der Waals surface area contributed by atoms with Crippen LogP contribution in [0.5, 0.6) is 0 Å². The SMILES string of the molecule is COC(=O)Cc1c(Cc2ccccc2)[nH]c2ccccc12. The predicted molar refractivity (Wildman–Crippen MR) is 83.3 cm³/mol. The fourth-order valence-corrected chi connectivity index (χ4v) is 2.63. The molecular formula is C18H17NO2. The van der Waals surface area contributed by atoms with E-state index in [1.54, 1.807) is 0 Å². The first kappa shape index (κ1) is 13.4. The summed E-state index contributed by atoms with van der Waals surface area (Å²) >= 11 is 0. The van der Waals surface area contributed by atoms with Crippen molar-refractivity contribution in [2.45, 2.75) is 12.8 Å². The lowest BCUT2D eigenvalue weighted by Crippen LogP contribution is -2.06. The van der Waals surface area contributed by atoms with Gasteiger partial charge in [0.2, 0.25) is 0 Å². The summed E-state index contributed by atoms with van der Waals surface area (Å²) < 4.78 is 4.82. The number of benzene rings is 2. The van der Waals surface area contributed by atoms with E-state index in [1.165, 1.54) is 12.7 Å². The number of carbonyl (C=O) groups excluding carboxylic acids is 1. The molecule has 3 aromatic rings. The number of H-pyrrole nitrogens is 1. The van der Waals surface area contributed by atoms with Crippen LogP contribution in [0.25, 0.3) is 10.9 Å². The van der Waals surface area contributed by atoms with E-state index in [-0.39, 0.29) is 5.97 Å². The number of hydrogen-bond acceptors (Lipinski definition) is 2. The summed E-state index contributed by atoms with van der Waals surface area (Å²) in [6.45, 7) is 0. The molecule has 0 radical (unpaired) electrons. The fraction of sp³-hybridized carbons (Fsp3) is 0.167. The maximum Gasteiger partial charge on any atom is 0.310 e. The highest BCUT2D eigenvalue weighted by Gasteiger charge is 2.15. The van der Waals surface area contributed by atoms with Crippen LogP contribution < -0.4 is 0 Å². The maximum absolute atomic E-state index is 11.7. The molecule has 0 saturated heterocycles.